The van der Waals surface area contributed by atoms with Crippen LogP contribution in [0.5, 0.6) is 5.75 Å². The highest BCUT2D eigenvalue weighted by Crippen LogP contribution is 2.33. The molecule has 3 heterocycles. The van der Waals surface area contributed by atoms with E-state index in [0.29, 0.717) is 0 Å². The van der Waals surface area contributed by atoms with E-state index in [1.54, 1.807) is 12.4 Å². The molecule has 5 rings (SSSR count). The van der Waals surface area contributed by atoms with Crippen molar-refractivity contribution in [3.05, 3.63) is 36.7 Å². The Kier molecular flexibility index (Phi) is 5.61. The van der Waals surface area contributed by atoms with Crippen molar-refractivity contribution in [2.75, 3.05) is 31.2 Å². The number of ether oxygens (including phenoxy) is 2. The lowest BCUT2D eigenvalue weighted by atomic mass is 9.93. The Morgan fingerprint density at radius 3 is 2.68 bits per heavy atom. The van der Waals surface area contributed by atoms with Crippen LogP contribution in [-0.2, 0) is 4.74 Å². The first-order valence-electron chi connectivity index (χ1n) is 10.7. The molecule has 0 spiro atoms. The van der Waals surface area contributed by atoms with Crippen LogP contribution in [-0.4, -0.2) is 69.5 Å². The average molecular weight is 423 g/mol. The van der Waals surface area contributed by atoms with Crippen LogP contribution in [0.1, 0.15) is 36.3 Å². The van der Waals surface area contributed by atoms with Crippen molar-refractivity contribution in [2.45, 2.75) is 37.8 Å². The molecule has 2 fully saturated rings. The van der Waals surface area contributed by atoms with Gasteiger partial charge >= 0.3 is 0 Å². The Bertz CT molecular complexity index is 1030. The second kappa shape index (κ2) is 8.84. The molecular formula is C21H25N7O3. The van der Waals surface area contributed by atoms with Crippen molar-refractivity contribution >= 4 is 22.6 Å². The molecule has 2 aliphatic rings. The number of carbonyl (C=O) groups is 1. The van der Waals surface area contributed by atoms with Gasteiger partial charge in [-0.05, 0) is 31.7 Å². The smallest absolute Gasteiger partial charge is 0.291 e. The van der Waals surface area contributed by atoms with Crippen molar-refractivity contribution in [3.63, 3.8) is 0 Å². The Balaban J connectivity index is 1.26. The van der Waals surface area contributed by atoms with Crippen molar-refractivity contribution in [3.8, 4) is 5.75 Å². The van der Waals surface area contributed by atoms with Crippen LogP contribution in [0.15, 0.2) is 30.9 Å². The van der Waals surface area contributed by atoms with E-state index in [2.05, 4.69) is 47.5 Å². The largest absolute Gasteiger partial charge is 0.488 e. The molecule has 1 aliphatic heterocycles. The normalized spacial score (nSPS) is 21.7. The number of nitrogens with one attached hydrogen (secondary N) is 2. The van der Waals surface area contributed by atoms with Gasteiger partial charge in [0.2, 0.25) is 5.82 Å². The van der Waals surface area contributed by atoms with E-state index in [9.17, 15) is 4.79 Å². The van der Waals surface area contributed by atoms with Crippen LogP contribution in [0, 0.1) is 0 Å². The number of fused-ring (bicyclic) bond motifs is 1. The number of aromatic amines is 1. The number of hydrogen-bond acceptors (Lipinski definition) is 8. The fourth-order valence-corrected chi connectivity index (χ4v) is 4.20. The molecule has 1 saturated heterocycles. The summed E-state index contributed by atoms with van der Waals surface area (Å²) in [7, 11) is 0. The van der Waals surface area contributed by atoms with Gasteiger partial charge in [0.1, 0.15) is 17.6 Å². The lowest BCUT2D eigenvalue weighted by Gasteiger charge is -2.31. The molecule has 1 aromatic carbocycles. The van der Waals surface area contributed by atoms with Gasteiger partial charge in [-0.1, -0.05) is 0 Å². The molecule has 10 nitrogen and oxygen atoms in total. The molecule has 1 amide bonds. The van der Waals surface area contributed by atoms with Gasteiger partial charge in [0.15, 0.2) is 0 Å². The number of hydrogen-bond donors (Lipinski definition) is 2. The van der Waals surface area contributed by atoms with E-state index in [1.807, 2.05) is 0 Å². The summed E-state index contributed by atoms with van der Waals surface area (Å²) < 4.78 is 11.9. The van der Waals surface area contributed by atoms with Gasteiger partial charge in [0.25, 0.3) is 5.91 Å². The minimum absolute atomic E-state index is 0.0711. The summed E-state index contributed by atoms with van der Waals surface area (Å²) in [5.41, 5.74) is 2.69. The zero-order valence-electron chi connectivity index (χ0n) is 17.2. The summed E-state index contributed by atoms with van der Waals surface area (Å²) in [6.07, 6.45) is 8.25. The maximum Gasteiger partial charge on any atom is 0.291 e. The first-order valence-corrected chi connectivity index (χ1v) is 10.7. The molecule has 0 bridgehead atoms. The maximum atomic E-state index is 12.2. The molecule has 1 aliphatic carbocycles. The van der Waals surface area contributed by atoms with Gasteiger partial charge in [0.05, 0.1) is 24.8 Å². The van der Waals surface area contributed by atoms with E-state index < -0.39 is 0 Å². The van der Waals surface area contributed by atoms with Crippen LogP contribution < -0.4 is 15.0 Å². The first kappa shape index (κ1) is 19.7. The van der Waals surface area contributed by atoms with Crippen molar-refractivity contribution in [1.82, 2.24) is 30.5 Å². The van der Waals surface area contributed by atoms with Crippen LogP contribution in [0.3, 0.4) is 0 Å². The number of carbonyl (C=O) groups excluding carboxylic acids is 1. The van der Waals surface area contributed by atoms with Crippen LogP contribution >= 0.6 is 0 Å². The summed E-state index contributed by atoms with van der Waals surface area (Å²) >= 11 is 0. The molecule has 1 saturated carbocycles. The highest BCUT2D eigenvalue weighted by molar-refractivity contribution is 5.90. The van der Waals surface area contributed by atoms with Crippen molar-refractivity contribution < 1.29 is 14.3 Å². The van der Waals surface area contributed by atoms with Crippen LogP contribution in [0.2, 0.25) is 0 Å². The highest BCUT2D eigenvalue weighted by Gasteiger charge is 2.26. The van der Waals surface area contributed by atoms with Gasteiger partial charge in [-0.15, -0.1) is 5.10 Å². The quantitative estimate of drug-likeness (QED) is 0.637. The number of anilines is 1. The molecular weight excluding hydrogens is 398 g/mol. The third-order valence-corrected chi connectivity index (χ3v) is 5.82. The molecule has 10 heteroatoms. The van der Waals surface area contributed by atoms with Crippen molar-refractivity contribution in [1.29, 1.82) is 0 Å². The van der Waals surface area contributed by atoms with E-state index >= 15 is 0 Å². The zero-order chi connectivity index (χ0) is 21.0. The predicted octanol–water partition coefficient (Wildman–Crippen LogP) is 1.70. The summed E-state index contributed by atoms with van der Waals surface area (Å²) in [4.78, 5) is 27.4. The first-order chi connectivity index (χ1) is 15.3. The fraction of sp³-hybridized carbons (Fsp3) is 0.476. The van der Waals surface area contributed by atoms with E-state index in [0.717, 1.165) is 74.5 Å². The van der Waals surface area contributed by atoms with Crippen LogP contribution in [0.25, 0.3) is 11.0 Å². The van der Waals surface area contributed by atoms with Crippen molar-refractivity contribution in [2.24, 2.45) is 0 Å². The number of morpholine rings is 1. The number of benzene rings is 1. The summed E-state index contributed by atoms with van der Waals surface area (Å²) in [6, 6.07) is 4.23. The monoisotopic (exact) mass is 423 g/mol. The molecule has 0 radical (unpaired) electrons. The molecule has 0 atom stereocenters. The predicted molar refractivity (Wildman–Crippen MR) is 113 cm³/mol. The van der Waals surface area contributed by atoms with Gasteiger partial charge < -0.3 is 19.7 Å². The average Bonchev–Trinajstić information content (AvgIpc) is 3.36. The molecule has 162 valence electrons. The number of rotatable bonds is 5. The van der Waals surface area contributed by atoms with Gasteiger partial charge in [0, 0.05) is 43.3 Å². The summed E-state index contributed by atoms with van der Waals surface area (Å²) in [5, 5.41) is 9.40. The number of H-pyrrole nitrogens is 1. The molecule has 2 aromatic heterocycles. The molecule has 2 N–H and O–H groups in total. The standard InChI is InChI=1S/C21H25N7O3/c29-21(20-24-13-25-27-20)26-14-1-3-16(4-2-14)31-18-12-15(28-7-9-30-10-8-28)11-17-19(18)23-6-5-22-17/h5-6,11-14,16H,1-4,7-10H2,(H,26,29)(H,24,25,27)/t14-,16+. The lowest BCUT2D eigenvalue weighted by molar-refractivity contribution is 0.0885. The van der Waals surface area contributed by atoms with Gasteiger partial charge in [-0.2, -0.15) is 0 Å². The van der Waals surface area contributed by atoms with E-state index in [4.69, 9.17) is 9.47 Å². The zero-order valence-corrected chi connectivity index (χ0v) is 17.2. The summed E-state index contributed by atoms with van der Waals surface area (Å²) in [6.45, 7) is 3.14. The van der Waals surface area contributed by atoms with Gasteiger partial charge in [-0.3, -0.25) is 14.9 Å². The molecule has 31 heavy (non-hydrogen) atoms. The fourth-order valence-electron chi connectivity index (χ4n) is 4.20. The number of nitrogens with zero attached hydrogens (tertiary/aromatic N) is 5. The molecule has 3 aromatic rings. The summed E-state index contributed by atoms with van der Waals surface area (Å²) in [5.74, 6) is 0.689. The second-order valence-electron chi connectivity index (χ2n) is 7.86. The Labute approximate surface area is 179 Å². The third kappa shape index (κ3) is 4.43. The second-order valence-corrected chi connectivity index (χ2v) is 7.86. The number of amides is 1. The minimum atomic E-state index is -0.245. The Morgan fingerprint density at radius 2 is 1.90 bits per heavy atom. The highest BCUT2D eigenvalue weighted by atomic mass is 16.5. The van der Waals surface area contributed by atoms with Gasteiger partial charge in [-0.25, -0.2) is 9.97 Å². The van der Waals surface area contributed by atoms with E-state index in [-0.39, 0.29) is 23.9 Å². The molecule has 0 unspecified atom stereocenters. The van der Waals surface area contributed by atoms with Crippen LogP contribution in [0.4, 0.5) is 5.69 Å². The minimum Gasteiger partial charge on any atom is -0.488 e. The maximum absolute atomic E-state index is 12.2. The SMILES string of the molecule is O=C(N[C@H]1CC[C@@H](Oc2cc(N3CCOCC3)cc3nccnc23)CC1)c1nc[nH]n1. The lowest BCUT2D eigenvalue weighted by Crippen LogP contribution is -2.40. The Hall–Kier alpha value is -3.27. The third-order valence-electron chi connectivity index (χ3n) is 5.82. The number of aromatic nitrogens is 5. The Morgan fingerprint density at radius 1 is 1.10 bits per heavy atom. The topological polar surface area (TPSA) is 118 Å². The van der Waals surface area contributed by atoms with E-state index in [1.165, 1.54) is 6.33 Å².